The lowest BCUT2D eigenvalue weighted by Gasteiger charge is -2.12. The maximum atomic E-state index is 13.2. The second-order valence-corrected chi connectivity index (χ2v) is 10.5. The van der Waals surface area contributed by atoms with Crippen LogP contribution in [0.2, 0.25) is 0 Å². The van der Waals surface area contributed by atoms with E-state index in [0.717, 1.165) is 12.1 Å². The Morgan fingerprint density at radius 1 is 0.929 bits per heavy atom. The topological polar surface area (TPSA) is 137 Å². The molecule has 0 aliphatic rings. The summed E-state index contributed by atoms with van der Waals surface area (Å²) in [6.45, 7) is 5.66. The number of sulfonamides is 1. The molecule has 2 rings (SSSR count). The zero-order valence-electron chi connectivity index (χ0n) is 15.6. The Morgan fingerprint density at radius 2 is 1.50 bits per heavy atom. The second kappa shape index (κ2) is 7.39. The van der Waals surface area contributed by atoms with Gasteiger partial charge >= 0.3 is 0 Å². The van der Waals surface area contributed by atoms with E-state index in [1.54, 1.807) is 0 Å². The largest absolute Gasteiger partial charge is 0.366 e. The van der Waals surface area contributed by atoms with Crippen LogP contribution in [0.3, 0.4) is 0 Å². The predicted octanol–water partition coefficient (Wildman–Crippen LogP) is 1.66. The summed E-state index contributed by atoms with van der Waals surface area (Å²) in [7, 11) is -8.75. The molecule has 0 aliphatic carbocycles. The van der Waals surface area contributed by atoms with Gasteiger partial charge in [-0.05, 0) is 51.1 Å². The summed E-state index contributed by atoms with van der Waals surface area (Å²) in [5, 5.41) is 5.15. The summed E-state index contributed by atoms with van der Waals surface area (Å²) >= 11 is 0. The van der Waals surface area contributed by atoms with Gasteiger partial charge in [0.1, 0.15) is 4.90 Å². The zero-order valence-corrected chi connectivity index (χ0v) is 17.2. The van der Waals surface area contributed by atoms with E-state index in [0.29, 0.717) is 5.56 Å². The first-order valence-corrected chi connectivity index (χ1v) is 11.1. The molecule has 0 aliphatic heterocycles. The van der Waals surface area contributed by atoms with Gasteiger partial charge in [-0.1, -0.05) is 24.0 Å². The molecule has 0 saturated heterocycles. The van der Waals surface area contributed by atoms with Gasteiger partial charge in [-0.25, -0.2) is 22.0 Å². The number of benzene rings is 2. The lowest BCUT2D eigenvalue weighted by molar-refractivity contribution is 0.0997. The molecule has 1 amide bonds. The van der Waals surface area contributed by atoms with E-state index in [1.165, 1.54) is 30.3 Å². The highest BCUT2D eigenvalue weighted by atomic mass is 32.2. The van der Waals surface area contributed by atoms with E-state index < -0.39 is 40.5 Å². The molecular weight excluding hydrogens is 400 g/mol. The van der Waals surface area contributed by atoms with Crippen molar-refractivity contribution in [3.8, 4) is 11.8 Å². The minimum absolute atomic E-state index is 0.273. The third-order valence-electron chi connectivity index (χ3n) is 3.56. The van der Waals surface area contributed by atoms with Gasteiger partial charge in [0, 0.05) is 11.0 Å². The summed E-state index contributed by atoms with van der Waals surface area (Å²) in [4.78, 5) is 10.2. The highest BCUT2D eigenvalue weighted by molar-refractivity contribution is 7.93. The van der Waals surface area contributed by atoms with Crippen molar-refractivity contribution in [3.05, 3.63) is 53.6 Å². The molecule has 0 atom stereocenters. The van der Waals surface area contributed by atoms with Gasteiger partial charge in [0.2, 0.25) is 25.8 Å². The molecule has 7 nitrogen and oxygen atoms in total. The van der Waals surface area contributed by atoms with Crippen molar-refractivity contribution >= 4 is 25.8 Å². The van der Waals surface area contributed by atoms with Crippen LogP contribution in [0, 0.1) is 17.3 Å². The van der Waals surface area contributed by atoms with E-state index in [1.807, 2.05) is 20.8 Å². The van der Waals surface area contributed by atoms with Gasteiger partial charge in [-0.3, -0.25) is 4.79 Å². The van der Waals surface area contributed by atoms with Crippen molar-refractivity contribution in [2.45, 2.75) is 35.5 Å². The Labute approximate surface area is 164 Å². The maximum Gasteiger partial charge on any atom is 0.250 e. The number of hydrogen-bond acceptors (Lipinski definition) is 5. The van der Waals surface area contributed by atoms with Crippen LogP contribution in [0.5, 0.6) is 0 Å². The van der Waals surface area contributed by atoms with Crippen molar-refractivity contribution in [1.29, 1.82) is 0 Å². The van der Waals surface area contributed by atoms with Crippen LogP contribution in [0.1, 0.15) is 36.7 Å². The summed E-state index contributed by atoms with van der Waals surface area (Å²) in [6.07, 6.45) is 0. The van der Waals surface area contributed by atoms with E-state index in [9.17, 15) is 21.6 Å². The molecule has 0 aromatic heterocycles. The van der Waals surface area contributed by atoms with Crippen molar-refractivity contribution in [3.63, 3.8) is 0 Å². The molecule has 0 saturated carbocycles. The number of amides is 1. The third-order valence-corrected chi connectivity index (χ3v) is 6.51. The Hall–Kier alpha value is -2.67. The molecule has 148 valence electrons. The minimum Gasteiger partial charge on any atom is -0.366 e. The van der Waals surface area contributed by atoms with E-state index in [-0.39, 0.29) is 11.0 Å². The van der Waals surface area contributed by atoms with Gasteiger partial charge in [0.05, 0.1) is 15.4 Å². The summed E-state index contributed by atoms with van der Waals surface area (Å²) in [6, 6.07) is 8.81. The monoisotopic (exact) mass is 420 g/mol. The first-order valence-electron chi connectivity index (χ1n) is 8.07. The van der Waals surface area contributed by atoms with Gasteiger partial charge < -0.3 is 5.73 Å². The molecule has 4 N–H and O–H groups in total. The highest BCUT2D eigenvalue weighted by Gasteiger charge is 2.29. The first kappa shape index (κ1) is 21.6. The van der Waals surface area contributed by atoms with Crippen LogP contribution in [0.4, 0.5) is 0 Å². The molecule has 28 heavy (non-hydrogen) atoms. The summed E-state index contributed by atoms with van der Waals surface area (Å²) < 4.78 is 50.1. The zero-order chi connectivity index (χ0) is 21.3. The van der Waals surface area contributed by atoms with Crippen LogP contribution in [-0.2, 0) is 19.9 Å². The fraction of sp³-hybridized carbons (Fsp3) is 0.211. The van der Waals surface area contributed by atoms with Crippen LogP contribution >= 0.6 is 0 Å². The molecule has 0 spiro atoms. The molecule has 2 aromatic rings. The quantitative estimate of drug-likeness (QED) is 0.725. The van der Waals surface area contributed by atoms with Gasteiger partial charge in [0.15, 0.2) is 0 Å². The smallest absolute Gasteiger partial charge is 0.250 e. The molecule has 9 heteroatoms. The van der Waals surface area contributed by atoms with Crippen molar-refractivity contribution in [1.82, 2.24) is 0 Å². The second-order valence-electron chi connectivity index (χ2n) is 7.07. The SMILES string of the molecule is CC(C)(C)C#Cc1ccc(C(N)=O)c(S(=O)(=O)c2ccccc2S(N)(=O)=O)c1. The fourth-order valence-corrected chi connectivity index (χ4v) is 5.17. The standard InChI is InChI=1S/C19H20N2O5S2/c1-19(2,3)11-10-13-8-9-14(18(20)22)17(12-13)27(23,24)15-6-4-5-7-16(15)28(21,25)26/h4-9,12H,1-3H3,(H2,20,22)(H2,21,25,26). The Bertz CT molecular complexity index is 1210. The molecule has 0 heterocycles. The molecule has 0 bridgehead atoms. The summed E-state index contributed by atoms with van der Waals surface area (Å²) in [5.41, 5.74) is 5.06. The number of carbonyl (C=O) groups excluding carboxylic acids is 1. The Morgan fingerprint density at radius 3 is 2.00 bits per heavy atom. The Balaban J connectivity index is 2.82. The van der Waals surface area contributed by atoms with E-state index in [2.05, 4.69) is 11.8 Å². The normalized spacial score (nSPS) is 12.1. The lowest BCUT2D eigenvalue weighted by Crippen LogP contribution is -2.20. The van der Waals surface area contributed by atoms with Crippen molar-refractivity contribution in [2.24, 2.45) is 16.3 Å². The molecule has 0 fully saturated rings. The molecule has 0 radical (unpaired) electrons. The van der Waals surface area contributed by atoms with Crippen LogP contribution in [0.15, 0.2) is 57.2 Å². The average molecular weight is 421 g/mol. The van der Waals surface area contributed by atoms with E-state index in [4.69, 9.17) is 10.9 Å². The predicted molar refractivity (Wildman–Crippen MR) is 105 cm³/mol. The first-order chi connectivity index (χ1) is 12.7. The van der Waals surface area contributed by atoms with Crippen LogP contribution in [0.25, 0.3) is 0 Å². The third kappa shape index (κ3) is 4.78. The van der Waals surface area contributed by atoms with Crippen LogP contribution in [-0.4, -0.2) is 22.7 Å². The number of rotatable bonds is 4. The number of nitrogens with two attached hydrogens (primary N) is 2. The minimum atomic E-state index is -4.43. The number of primary sulfonamides is 1. The van der Waals surface area contributed by atoms with Gasteiger partial charge in [0.25, 0.3) is 0 Å². The molecular formula is C19H20N2O5S2. The molecule has 0 unspecified atom stereocenters. The lowest BCUT2D eigenvalue weighted by atomic mass is 9.97. The highest BCUT2D eigenvalue weighted by Crippen LogP contribution is 2.29. The number of hydrogen-bond donors (Lipinski definition) is 2. The fourth-order valence-electron chi connectivity index (χ4n) is 2.31. The maximum absolute atomic E-state index is 13.2. The Kier molecular flexibility index (Phi) is 5.71. The van der Waals surface area contributed by atoms with Crippen molar-refractivity contribution in [2.75, 3.05) is 0 Å². The van der Waals surface area contributed by atoms with E-state index >= 15 is 0 Å². The number of sulfone groups is 1. The van der Waals surface area contributed by atoms with Crippen LogP contribution < -0.4 is 10.9 Å². The van der Waals surface area contributed by atoms with Gasteiger partial charge in [-0.15, -0.1) is 0 Å². The van der Waals surface area contributed by atoms with Gasteiger partial charge in [-0.2, -0.15) is 0 Å². The molecule has 2 aromatic carbocycles. The summed E-state index contributed by atoms with van der Waals surface area (Å²) in [5.74, 6) is 4.84. The number of primary amides is 1. The van der Waals surface area contributed by atoms with Crippen molar-refractivity contribution < 1.29 is 21.6 Å². The average Bonchev–Trinajstić information content (AvgIpc) is 2.58. The number of carbonyl (C=O) groups is 1.